The van der Waals surface area contributed by atoms with Gasteiger partial charge in [0.2, 0.25) is 0 Å². The predicted molar refractivity (Wildman–Crippen MR) is 541 cm³/mol. The van der Waals surface area contributed by atoms with Crippen LogP contribution in [0.25, 0.3) is 150 Å². The highest BCUT2D eigenvalue weighted by Crippen LogP contribution is 2.50. The second-order valence-electron chi connectivity index (χ2n) is 38.3. The zero-order chi connectivity index (χ0) is 94.6. The van der Waals surface area contributed by atoms with Gasteiger partial charge in [-0.25, -0.2) is 24.9 Å². The first-order chi connectivity index (χ1) is 67.0. The molecule has 20 aromatic rings. The fourth-order valence-corrected chi connectivity index (χ4v) is 19.8. The topological polar surface area (TPSA) is 308 Å². The van der Waals surface area contributed by atoms with Crippen LogP contribution in [0, 0.1) is 76.2 Å². The van der Waals surface area contributed by atoms with E-state index < -0.39 is 0 Å². The van der Waals surface area contributed by atoms with Gasteiger partial charge in [0.15, 0.2) is 11.6 Å². The van der Waals surface area contributed by atoms with Crippen LogP contribution in [0.2, 0.25) is 0 Å². The summed E-state index contributed by atoms with van der Waals surface area (Å²) in [5, 5.41) is 20.7. The third-order valence-electron chi connectivity index (χ3n) is 27.8. The van der Waals surface area contributed by atoms with Crippen molar-refractivity contribution >= 4 is 61.3 Å². The van der Waals surface area contributed by atoms with Gasteiger partial charge in [-0.3, -0.25) is 9.59 Å². The average Bonchev–Trinajstić information content (AvgIpc) is 1.60. The molecule has 22 heteroatoms. The van der Waals surface area contributed by atoms with E-state index in [-0.39, 0.29) is 17.5 Å². The molecule has 10 aromatic heterocycles. The van der Waals surface area contributed by atoms with Crippen LogP contribution in [-0.2, 0) is 6.42 Å². The van der Waals surface area contributed by atoms with Crippen LogP contribution in [0.15, 0.2) is 235 Å². The first-order valence-electron chi connectivity index (χ1n) is 48.1. The van der Waals surface area contributed by atoms with E-state index in [4.69, 9.17) is 47.5 Å². The van der Waals surface area contributed by atoms with Gasteiger partial charge in [0.25, 0.3) is 0 Å². The lowest BCUT2D eigenvalue weighted by molar-refractivity contribution is 0.100. The Hall–Kier alpha value is -15.6. The van der Waals surface area contributed by atoms with Crippen LogP contribution in [0.1, 0.15) is 249 Å². The molecule has 22 nitrogen and oxygen atoms in total. The number of allylic oxidation sites excluding steroid dienone is 1. The van der Waals surface area contributed by atoms with Crippen LogP contribution in [0.4, 0.5) is 0 Å². The molecular weight excluding hydrogens is 1720 g/mol. The first-order valence-corrected chi connectivity index (χ1v) is 48.1. The van der Waals surface area contributed by atoms with Crippen LogP contribution in [0.3, 0.4) is 0 Å². The van der Waals surface area contributed by atoms with E-state index in [0.29, 0.717) is 40.7 Å². The lowest BCUT2D eigenvalue weighted by Gasteiger charge is -2.22. The number of benzene rings is 10. The molecule has 10 aromatic carbocycles. The summed E-state index contributed by atoms with van der Waals surface area (Å²) in [5.74, 6) is 12.9. The minimum absolute atomic E-state index is 0.0562. The molecular formula is C116H107N15O7. The Bertz CT molecular complexity index is 8020. The molecule has 5 saturated carbocycles. The average molecular weight is 1820 g/mol. The minimum atomic E-state index is 0.0562. The van der Waals surface area contributed by atoms with Gasteiger partial charge in [0, 0.05) is 114 Å². The fraction of sp³-hybridized carbons (Fsp3) is 0.259. The smallest absolute Gasteiger partial charge is 0.159 e. The van der Waals surface area contributed by atoms with Gasteiger partial charge < -0.3 is 47.5 Å². The van der Waals surface area contributed by atoms with Crippen molar-refractivity contribution in [2.24, 2.45) is 0 Å². The van der Waals surface area contributed by atoms with Crippen molar-refractivity contribution in [2.45, 2.75) is 196 Å². The Kier molecular flexibility index (Phi) is 22.8. The quantitative estimate of drug-likeness (QED) is 0.0499. The Morgan fingerprint density at radius 1 is 0.290 bits per heavy atom. The number of imidazole rings is 5. The number of carbonyl (C=O) groups excluding carboxylic acids is 2. The first kappa shape index (κ1) is 87.7. The number of nitrogens with zero attached hydrogens (tertiary/aromatic N) is 10. The molecule has 6 aliphatic carbocycles. The molecule has 10 heterocycles. The van der Waals surface area contributed by atoms with E-state index in [1.807, 2.05) is 124 Å². The standard InChI is InChI=1S/C27H25N3O.2C23H21N3O2.C22H21N3O.C21H19N3O/c1-16-25(17(2)31-30-16)20-14-23(26-24(15-20)28-27(29-26)19-12-13-19)22-11-7-6-10-21(22)18-8-4-3-5-9-18;1-12-21(14(3)28-26-12)18-10-19(16-6-4-15(5-7-16)13(2)27)22-20(11-18)24-23(25-22)17-8-9-17;1-12-21(14(3)28-26-12)18-10-19(17-6-4-5-16(9-17)13(2)27)22-20(11-18)24-23(25-22)15-7-8-15;1-12-4-6-15(7-5-12)18-10-17(20-13(2)25-26-14(20)3)11-19-21(18)24-22(23-19)16-8-9-16;1-12-19(13(2)25-24-12)16-10-17(14-6-4-3-5-7-14)20-18(11-16)22-21(23-20)15-8-9-15/h3-11,14,19-20H,12-13,15H2,1-2H3,(H,28,29);4-7,10-11,17H,8-9H2,1-3H3,(H,24,25);4-6,9-11,15H,7-8H2,1-3H3,(H,24,25);4-7,10-11,16H,8-9H2,1-3H3,(H,23,24);3-7,10-11,15H,8-9H2,1-2H3,(H,22,23). The van der Waals surface area contributed by atoms with Gasteiger partial charge in [-0.2, -0.15) is 0 Å². The molecule has 5 fully saturated rings. The van der Waals surface area contributed by atoms with Crippen LogP contribution >= 0.6 is 0 Å². The van der Waals surface area contributed by atoms with Crippen molar-refractivity contribution < 1.29 is 32.2 Å². The van der Waals surface area contributed by atoms with Crippen molar-refractivity contribution in [3.05, 3.63) is 338 Å². The van der Waals surface area contributed by atoms with E-state index in [2.05, 4.69) is 215 Å². The number of carbonyl (C=O) groups is 2. The number of rotatable bonds is 18. The second-order valence-corrected chi connectivity index (χ2v) is 38.3. The van der Waals surface area contributed by atoms with Gasteiger partial charge in [0.1, 0.15) is 57.9 Å². The summed E-state index contributed by atoms with van der Waals surface area (Å²) in [4.78, 5) is 66.2. The Morgan fingerprint density at radius 2 is 0.616 bits per heavy atom. The normalized spacial score (nSPS) is 15.0. The number of hydrogen-bond acceptors (Lipinski definition) is 17. The molecule has 0 spiro atoms. The van der Waals surface area contributed by atoms with E-state index in [0.717, 1.165) is 221 Å². The summed E-state index contributed by atoms with van der Waals surface area (Å²) in [7, 11) is 0. The van der Waals surface area contributed by atoms with Crippen LogP contribution < -0.4 is 0 Å². The van der Waals surface area contributed by atoms with Gasteiger partial charge in [0.05, 0.1) is 78.3 Å². The van der Waals surface area contributed by atoms with Crippen molar-refractivity contribution in [3.8, 4) is 100 Å². The van der Waals surface area contributed by atoms with E-state index in [1.165, 1.54) is 114 Å². The lowest BCUT2D eigenvalue weighted by atomic mass is 9.81. The summed E-state index contributed by atoms with van der Waals surface area (Å²) in [6.07, 6.45) is 15.4. The van der Waals surface area contributed by atoms with Crippen LogP contribution in [0.5, 0.6) is 0 Å². The van der Waals surface area contributed by atoms with Crippen molar-refractivity contribution in [3.63, 3.8) is 0 Å². The Balaban J connectivity index is 0.0000000997. The van der Waals surface area contributed by atoms with Gasteiger partial charge in [-0.1, -0.05) is 189 Å². The number of aromatic nitrogens is 15. The molecule has 1 unspecified atom stereocenters. The minimum Gasteiger partial charge on any atom is -0.361 e. The number of nitrogens with one attached hydrogen (secondary N) is 5. The summed E-state index contributed by atoms with van der Waals surface area (Å²) >= 11 is 0. The zero-order valence-corrected chi connectivity index (χ0v) is 79.8. The molecule has 1 atom stereocenters. The maximum absolute atomic E-state index is 11.9. The molecule has 138 heavy (non-hydrogen) atoms. The molecule has 6 aliphatic rings. The molecule has 5 N–H and O–H groups in total. The van der Waals surface area contributed by atoms with Crippen molar-refractivity contribution in [1.29, 1.82) is 0 Å². The van der Waals surface area contributed by atoms with Crippen molar-refractivity contribution in [2.75, 3.05) is 0 Å². The summed E-state index contributed by atoms with van der Waals surface area (Å²) < 4.78 is 27.1. The predicted octanol–water partition coefficient (Wildman–Crippen LogP) is 28.6. The number of fused-ring (bicyclic) bond motifs is 5. The summed E-state index contributed by atoms with van der Waals surface area (Å²) in [5.41, 5.74) is 41.1. The highest BCUT2D eigenvalue weighted by atomic mass is 16.5. The molecule has 688 valence electrons. The number of aromatic amines is 5. The third-order valence-corrected chi connectivity index (χ3v) is 27.8. The highest BCUT2D eigenvalue weighted by molar-refractivity contribution is 6.03. The van der Waals surface area contributed by atoms with Gasteiger partial charge >= 0.3 is 0 Å². The fourth-order valence-electron chi connectivity index (χ4n) is 19.8. The molecule has 0 aliphatic heterocycles. The van der Waals surface area contributed by atoms with Gasteiger partial charge in [-0.05, 0) is 270 Å². The SMILES string of the molecule is CC(=O)c1ccc(-c2cc(-c3c(C)noc3C)cc3[nH]c(C4CC4)nc23)cc1.CC(=O)c1cccc(-c2cc(-c3c(C)noc3C)cc3[nH]c(C4CC4)nc23)c1.Cc1ccc(-c2cc(-c3c(C)noc3C)cc3[nH]c(C4CC4)nc23)cc1.Cc1noc(C)c1-c1cc(-c2ccccc2)c2nc(C3CC3)[nH]c2c1.Cc1noc(C)c1C1C=C(c2ccccc2-c2ccccc2)c2nc(C3CC3)[nH]c2C1. The number of hydrogen-bond donors (Lipinski definition) is 5. The Morgan fingerprint density at radius 3 is 0.971 bits per heavy atom. The molecule has 0 radical (unpaired) electrons. The van der Waals surface area contributed by atoms with Crippen LogP contribution in [-0.4, -0.2) is 87.2 Å². The van der Waals surface area contributed by atoms with E-state index in [9.17, 15) is 9.59 Å². The lowest BCUT2D eigenvalue weighted by Crippen LogP contribution is -2.11. The maximum atomic E-state index is 11.9. The highest BCUT2D eigenvalue weighted by Gasteiger charge is 2.37. The molecule has 26 rings (SSSR count). The molecule has 0 bridgehead atoms. The second kappa shape index (κ2) is 35.9. The van der Waals surface area contributed by atoms with Gasteiger partial charge in [-0.15, -0.1) is 0 Å². The number of H-pyrrole nitrogens is 5. The monoisotopic (exact) mass is 1820 g/mol. The van der Waals surface area contributed by atoms with E-state index >= 15 is 0 Å². The molecule has 0 amide bonds. The summed E-state index contributed by atoms with van der Waals surface area (Å²) in [6, 6.07) is 71.2. The third kappa shape index (κ3) is 17.5. The van der Waals surface area contributed by atoms with Crippen molar-refractivity contribution in [1.82, 2.24) is 75.6 Å². The number of ketones is 2. The number of Topliss-reactive ketones (excluding diaryl/α,β-unsaturated/α-hetero) is 2. The Labute approximate surface area is 798 Å². The largest absolute Gasteiger partial charge is 0.361 e. The molecule has 0 saturated heterocycles. The van der Waals surface area contributed by atoms with E-state index in [1.54, 1.807) is 13.8 Å². The summed E-state index contributed by atoms with van der Waals surface area (Å²) in [6.45, 7) is 25.0. The maximum Gasteiger partial charge on any atom is 0.159 e. The zero-order valence-electron chi connectivity index (χ0n) is 79.8. The number of aryl methyl sites for hydroxylation is 11.